The fourth-order valence-electron chi connectivity index (χ4n) is 8.61. The van der Waals surface area contributed by atoms with Crippen LogP contribution in [0.1, 0.15) is 0 Å². The molecule has 282 valence electrons. The van der Waals surface area contributed by atoms with Gasteiger partial charge in [0, 0.05) is 22.3 Å². The van der Waals surface area contributed by atoms with Gasteiger partial charge in [-0.15, -0.1) is 0 Å². The van der Waals surface area contributed by atoms with Crippen LogP contribution in [0.2, 0.25) is 0 Å². The third kappa shape index (κ3) is 6.61. The van der Waals surface area contributed by atoms with E-state index in [1.165, 1.54) is 60.5 Å². The molecule has 2 heteroatoms. The average Bonchev–Trinajstić information content (AvgIpc) is 3.77. The SMILES string of the molecule is c1ccc(-c2cc(-c3ccccc3)cc(-c3ccc(N(c4ccc(-c5ccc6c(ccc7ccccc76)c5)cc4)c4ccccc4-c4cc5ccccc5o4)cc3)c2)cc1. The first-order chi connectivity index (χ1) is 29.7. The van der Waals surface area contributed by atoms with Crippen molar-refractivity contribution < 1.29 is 4.42 Å². The number of para-hydroxylation sites is 2. The molecule has 0 atom stereocenters. The van der Waals surface area contributed by atoms with Gasteiger partial charge in [0.25, 0.3) is 0 Å². The van der Waals surface area contributed by atoms with Gasteiger partial charge in [0.2, 0.25) is 0 Å². The Morgan fingerprint density at radius 3 is 1.42 bits per heavy atom. The van der Waals surface area contributed by atoms with E-state index in [9.17, 15) is 0 Å². The summed E-state index contributed by atoms with van der Waals surface area (Å²) in [5, 5.41) is 6.13. The molecule has 0 unspecified atom stereocenters. The van der Waals surface area contributed by atoms with Crippen LogP contribution in [0.3, 0.4) is 0 Å². The van der Waals surface area contributed by atoms with Crippen molar-refractivity contribution >= 4 is 49.6 Å². The molecule has 0 saturated heterocycles. The minimum absolute atomic E-state index is 0.833. The van der Waals surface area contributed by atoms with E-state index in [2.05, 4.69) is 229 Å². The predicted molar refractivity (Wildman–Crippen MR) is 253 cm³/mol. The lowest BCUT2D eigenvalue weighted by molar-refractivity contribution is 0.631. The summed E-state index contributed by atoms with van der Waals surface area (Å²) in [4.78, 5) is 2.35. The normalized spacial score (nSPS) is 11.3. The first-order valence-corrected chi connectivity index (χ1v) is 20.5. The minimum atomic E-state index is 0.833. The number of furan rings is 1. The molecular weight excluding hydrogens is 727 g/mol. The Kier molecular flexibility index (Phi) is 8.87. The summed E-state index contributed by atoms with van der Waals surface area (Å²) in [5.41, 5.74) is 14.5. The van der Waals surface area contributed by atoms with Gasteiger partial charge in [-0.05, 0) is 139 Å². The van der Waals surface area contributed by atoms with Crippen LogP contribution in [0.15, 0.2) is 241 Å². The standard InChI is InChI=1S/C58H39NO/c1-3-13-40(14-4-1)48-36-49(41-15-5-2-6-16-41)38-50(37-48)43-27-32-52(33-28-43)59(56-21-11-10-20-55(56)58-39-47-18-8-12-22-57(47)60-58)51-30-25-42(26-31-51)45-29-34-54-46(35-45)24-23-44-17-7-9-19-53(44)54/h1-39H. The van der Waals surface area contributed by atoms with Gasteiger partial charge in [-0.1, -0.05) is 164 Å². The second-order valence-electron chi connectivity index (χ2n) is 15.3. The van der Waals surface area contributed by atoms with Crippen LogP contribution in [0.5, 0.6) is 0 Å². The fourth-order valence-corrected chi connectivity index (χ4v) is 8.61. The molecule has 0 spiro atoms. The van der Waals surface area contributed by atoms with E-state index in [4.69, 9.17) is 4.42 Å². The van der Waals surface area contributed by atoms with Crippen LogP contribution in [-0.4, -0.2) is 0 Å². The van der Waals surface area contributed by atoms with E-state index in [1.807, 2.05) is 12.1 Å². The van der Waals surface area contributed by atoms with Gasteiger partial charge in [0.05, 0.1) is 5.69 Å². The smallest absolute Gasteiger partial charge is 0.137 e. The molecule has 0 aliphatic heterocycles. The summed E-state index contributed by atoms with van der Waals surface area (Å²) in [5.74, 6) is 0.833. The molecule has 0 saturated carbocycles. The molecule has 0 fully saturated rings. The molecule has 0 amide bonds. The zero-order valence-corrected chi connectivity index (χ0v) is 32.9. The monoisotopic (exact) mass is 765 g/mol. The van der Waals surface area contributed by atoms with E-state index in [-0.39, 0.29) is 0 Å². The van der Waals surface area contributed by atoms with Crippen LogP contribution in [0.25, 0.3) is 88.3 Å². The third-order valence-corrected chi connectivity index (χ3v) is 11.6. The fraction of sp³-hybridized carbons (Fsp3) is 0. The first kappa shape index (κ1) is 35.2. The molecule has 1 aromatic heterocycles. The minimum Gasteiger partial charge on any atom is -0.456 e. The molecule has 0 N–H and O–H groups in total. The Morgan fingerprint density at radius 1 is 0.283 bits per heavy atom. The molecule has 2 nitrogen and oxygen atoms in total. The summed E-state index contributed by atoms with van der Waals surface area (Å²) >= 11 is 0. The highest BCUT2D eigenvalue weighted by molar-refractivity contribution is 6.08. The van der Waals surface area contributed by atoms with Crippen molar-refractivity contribution in [3.63, 3.8) is 0 Å². The quantitative estimate of drug-likeness (QED) is 0.143. The van der Waals surface area contributed by atoms with Gasteiger partial charge in [0.1, 0.15) is 11.3 Å². The largest absolute Gasteiger partial charge is 0.456 e. The predicted octanol–water partition coefficient (Wildman–Crippen LogP) is 16.5. The average molecular weight is 766 g/mol. The number of fused-ring (bicyclic) bond motifs is 4. The number of benzene rings is 10. The van der Waals surface area contributed by atoms with Gasteiger partial charge < -0.3 is 9.32 Å². The number of rotatable bonds is 8. The maximum Gasteiger partial charge on any atom is 0.137 e. The zero-order valence-electron chi connectivity index (χ0n) is 32.9. The summed E-state index contributed by atoms with van der Waals surface area (Å²) < 4.78 is 6.50. The van der Waals surface area contributed by atoms with Crippen molar-refractivity contribution in [1.82, 2.24) is 0 Å². The summed E-state index contributed by atoms with van der Waals surface area (Å²) in [6.45, 7) is 0. The van der Waals surface area contributed by atoms with Gasteiger partial charge in [-0.3, -0.25) is 0 Å². The Hall–Kier alpha value is -7.94. The van der Waals surface area contributed by atoms with Crippen LogP contribution in [0.4, 0.5) is 17.1 Å². The number of hydrogen-bond donors (Lipinski definition) is 0. The molecule has 10 aromatic carbocycles. The van der Waals surface area contributed by atoms with Crippen molar-refractivity contribution in [3.05, 3.63) is 237 Å². The Balaban J connectivity index is 1.01. The van der Waals surface area contributed by atoms with Gasteiger partial charge in [0.15, 0.2) is 0 Å². The molecule has 0 bridgehead atoms. The number of nitrogens with zero attached hydrogens (tertiary/aromatic N) is 1. The molecule has 11 rings (SSSR count). The highest BCUT2D eigenvalue weighted by Crippen LogP contribution is 2.43. The molecule has 60 heavy (non-hydrogen) atoms. The molecule has 11 aromatic rings. The Labute approximate surface area is 349 Å². The van der Waals surface area contributed by atoms with Crippen LogP contribution >= 0.6 is 0 Å². The van der Waals surface area contributed by atoms with Gasteiger partial charge in [-0.25, -0.2) is 0 Å². The lowest BCUT2D eigenvalue weighted by atomic mass is 9.93. The second-order valence-corrected chi connectivity index (χ2v) is 15.3. The van der Waals surface area contributed by atoms with Gasteiger partial charge >= 0.3 is 0 Å². The van der Waals surface area contributed by atoms with E-state index in [0.717, 1.165) is 44.9 Å². The van der Waals surface area contributed by atoms with Crippen molar-refractivity contribution in [2.24, 2.45) is 0 Å². The summed E-state index contributed by atoms with van der Waals surface area (Å²) in [7, 11) is 0. The van der Waals surface area contributed by atoms with Crippen molar-refractivity contribution in [3.8, 4) is 55.8 Å². The van der Waals surface area contributed by atoms with Crippen LogP contribution < -0.4 is 4.90 Å². The molecular formula is C58H39NO. The maximum absolute atomic E-state index is 6.50. The highest BCUT2D eigenvalue weighted by atomic mass is 16.3. The van der Waals surface area contributed by atoms with E-state index in [0.29, 0.717) is 0 Å². The van der Waals surface area contributed by atoms with Crippen molar-refractivity contribution in [2.45, 2.75) is 0 Å². The third-order valence-electron chi connectivity index (χ3n) is 11.6. The topological polar surface area (TPSA) is 16.4 Å². The molecule has 0 radical (unpaired) electrons. The summed E-state index contributed by atoms with van der Waals surface area (Å²) in [6.07, 6.45) is 0. The summed E-state index contributed by atoms with van der Waals surface area (Å²) in [6, 6.07) is 84.9. The van der Waals surface area contributed by atoms with Crippen molar-refractivity contribution in [2.75, 3.05) is 4.90 Å². The lowest BCUT2D eigenvalue weighted by Crippen LogP contribution is -2.11. The van der Waals surface area contributed by atoms with Crippen molar-refractivity contribution in [1.29, 1.82) is 0 Å². The number of hydrogen-bond acceptors (Lipinski definition) is 2. The lowest BCUT2D eigenvalue weighted by Gasteiger charge is -2.27. The van der Waals surface area contributed by atoms with E-state index < -0.39 is 0 Å². The molecule has 0 aliphatic rings. The van der Waals surface area contributed by atoms with Gasteiger partial charge in [-0.2, -0.15) is 0 Å². The number of anilines is 3. The molecule has 1 heterocycles. The molecule has 0 aliphatic carbocycles. The maximum atomic E-state index is 6.50. The van der Waals surface area contributed by atoms with Crippen LogP contribution in [0, 0.1) is 0 Å². The highest BCUT2D eigenvalue weighted by Gasteiger charge is 2.20. The van der Waals surface area contributed by atoms with E-state index >= 15 is 0 Å². The Bertz CT molecular complexity index is 3200. The van der Waals surface area contributed by atoms with Crippen LogP contribution in [-0.2, 0) is 0 Å². The first-order valence-electron chi connectivity index (χ1n) is 20.5. The second kappa shape index (κ2) is 15.1. The zero-order chi connectivity index (χ0) is 39.8. The van der Waals surface area contributed by atoms with E-state index in [1.54, 1.807) is 0 Å². The Morgan fingerprint density at radius 2 is 0.767 bits per heavy atom.